The van der Waals surface area contributed by atoms with Gasteiger partial charge in [-0.15, -0.1) is 13.2 Å². The van der Waals surface area contributed by atoms with Gasteiger partial charge in [0.05, 0.1) is 6.61 Å². The summed E-state index contributed by atoms with van der Waals surface area (Å²) in [5.74, 6) is 1.63. The summed E-state index contributed by atoms with van der Waals surface area (Å²) >= 11 is 0. The van der Waals surface area contributed by atoms with Crippen LogP contribution in [0, 0.1) is 5.92 Å². The van der Waals surface area contributed by atoms with Gasteiger partial charge in [0.15, 0.2) is 0 Å². The van der Waals surface area contributed by atoms with Crippen molar-refractivity contribution in [3.05, 3.63) is 60.7 Å². The van der Waals surface area contributed by atoms with Gasteiger partial charge in [0, 0.05) is 6.61 Å². The van der Waals surface area contributed by atoms with Crippen LogP contribution in [0.2, 0.25) is 0 Å². The lowest BCUT2D eigenvalue weighted by Gasteiger charge is -2.28. The van der Waals surface area contributed by atoms with Gasteiger partial charge in [-0.05, 0) is 67.9 Å². The SMILES string of the molecule is C=CCCCOCc1ccc(C2CCC(CC=C)CC2)cc1. The zero-order valence-electron chi connectivity index (χ0n) is 13.8. The highest BCUT2D eigenvalue weighted by atomic mass is 16.5. The molecule has 0 atom stereocenters. The molecule has 0 radical (unpaired) electrons. The minimum Gasteiger partial charge on any atom is -0.377 e. The van der Waals surface area contributed by atoms with Crippen molar-refractivity contribution in [3.8, 4) is 0 Å². The van der Waals surface area contributed by atoms with Crippen molar-refractivity contribution in [2.24, 2.45) is 5.92 Å². The molecule has 0 bridgehead atoms. The van der Waals surface area contributed by atoms with Gasteiger partial charge in [0.2, 0.25) is 0 Å². The number of rotatable bonds is 9. The smallest absolute Gasteiger partial charge is 0.0716 e. The molecule has 0 heterocycles. The van der Waals surface area contributed by atoms with Gasteiger partial charge in [-0.1, -0.05) is 36.4 Å². The third-order valence-corrected chi connectivity index (χ3v) is 4.76. The number of ether oxygens (including phenoxy) is 1. The molecule has 1 aromatic rings. The average Bonchev–Trinajstić information content (AvgIpc) is 2.56. The van der Waals surface area contributed by atoms with Crippen molar-refractivity contribution < 1.29 is 4.74 Å². The molecule has 0 aliphatic heterocycles. The molecule has 22 heavy (non-hydrogen) atoms. The van der Waals surface area contributed by atoms with E-state index in [1.807, 2.05) is 6.08 Å². The Kier molecular flexibility index (Phi) is 7.45. The molecule has 0 saturated heterocycles. The first-order chi connectivity index (χ1) is 10.8. The van der Waals surface area contributed by atoms with E-state index in [0.29, 0.717) is 0 Å². The van der Waals surface area contributed by atoms with E-state index >= 15 is 0 Å². The zero-order chi connectivity index (χ0) is 15.6. The van der Waals surface area contributed by atoms with Crippen LogP contribution in [0.3, 0.4) is 0 Å². The minimum absolute atomic E-state index is 0.726. The monoisotopic (exact) mass is 298 g/mol. The maximum Gasteiger partial charge on any atom is 0.0716 e. The third kappa shape index (κ3) is 5.46. The highest BCUT2D eigenvalue weighted by Gasteiger charge is 2.21. The molecule has 0 N–H and O–H groups in total. The van der Waals surface area contributed by atoms with E-state index in [1.165, 1.54) is 43.2 Å². The Morgan fingerprint density at radius 1 is 1.00 bits per heavy atom. The van der Waals surface area contributed by atoms with Crippen molar-refractivity contribution in [3.63, 3.8) is 0 Å². The first-order valence-corrected chi connectivity index (χ1v) is 8.72. The molecule has 120 valence electrons. The van der Waals surface area contributed by atoms with Crippen LogP contribution in [-0.2, 0) is 11.3 Å². The average molecular weight is 298 g/mol. The van der Waals surface area contributed by atoms with Crippen molar-refractivity contribution >= 4 is 0 Å². The Balaban J connectivity index is 1.74. The Bertz CT molecular complexity index is 437. The predicted molar refractivity (Wildman–Crippen MR) is 95.0 cm³/mol. The maximum atomic E-state index is 5.69. The molecule has 1 aromatic carbocycles. The van der Waals surface area contributed by atoms with E-state index < -0.39 is 0 Å². The van der Waals surface area contributed by atoms with Crippen LogP contribution < -0.4 is 0 Å². The maximum absolute atomic E-state index is 5.69. The minimum atomic E-state index is 0.726. The summed E-state index contributed by atoms with van der Waals surface area (Å²) in [7, 11) is 0. The van der Waals surface area contributed by atoms with Gasteiger partial charge < -0.3 is 4.74 Å². The molecule has 1 fully saturated rings. The van der Waals surface area contributed by atoms with E-state index in [0.717, 1.165) is 37.9 Å². The number of hydrogen-bond acceptors (Lipinski definition) is 1. The number of hydrogen-bond donors (Lipinski definition) is 0. The fourth-order valence-electron chi connectivity index (χ4n) is 3.37. The Labute approximate surface area is 136 Å². The lowest BCUT2D eigenvalue weighted by molar-refractivity contribution is 0.119. The van der Waals surface area contributed by atoms with Crippen molar-refractivity contribution in [1.29, 1.82) is 0 Å². The summed E-state index contributed by atoms with van der Waals surface area (Å²) in [6.45, 7) is 9.14. The molecule has 0 unspecified atom stereocenters. The van der Waals surface area contributed by atoms with Crippen LogP contribution in [-0.4, -0.2) is 6.61 Å². The summed E-state index contributed by atoms with van der Waals surface area (Å²) in [5, 5.41) is 0. The molecular formula is C21H30O. The van der Waals surface area contributed by atoms with Crippen LogP contribution in [0.5, 0.6) is 0 Å². The molecule has 2 rings (SSSR count). The fraction of sp³-hybridized carbons (Fsp3) is 0.524. The van der Waals surface area contributed by atoms with E-state index in [1.54, 1.807) is 0 Å². The Morgan fingerprint density at radius 2 is 1.73 bits per heavy atom. The normalized spacial score (nSPS) is 21.5. The first-order valence-electron chi connectivity index (χ1n) is 8.72. The standard InChI is InChI=1S/C21H30O/c1-3-5-6-16-22-17-19-10-14-21(15-11-19)20-12-8-18(7-4-2)9-13-20/h3-4,10-11,14-15,18,20H,1-2,5-9,12-13,16-17H2. The second-order valence-electron chi connectivity index (χ2n) is 6.47. The Morgan fingerprint density at radius 3 is 2.36 bits per heavy atom. The third-order valence-electron chi connectivity index (χ3n) is 4.76. The molecule has 0 aromatic heterocycles. The van der Waals surface area contributed by atoms with E-state index in [-0.39, 0.29) is 0 Å². The number of allylic oxidation sites excluding steroid dienone is 2. The van der Waals surface area contributed by atoms with Crippen molar-refractivity contribution in [1.82, 2.24) is 0 Å². The second-order valence-corrected chi connectivity index (χ2v) is 6.47. The van der Waals surface area contributed by atoms with Gasteiger partial charge in [-0.3, -0.25) is 0 Å². The van der Waals surface area contributed by atoms with Crippen LogP contribution >= 0.6 is 0 Å². The quantitative estimate of drug-likeness (QED) is 0.400. The lowest BCUT2D eigenvalue weighted by atomic mass is 9.77. The van der Waals surface area contributed by atoms with Gasteiger partial charge in [0.25, 0.3) is 0 Å². The van der Waals surface area contributed by atoms with Crippen LogP contribution in [0.1, 0.15) is 62.0 Å². The molecule has 1 saturated carbocycles. The van der Waals surface area contributed by atoms with Crippen LogP contribution in [0.25, 0.3) is 0 Å². The summed E-state index contributed by atoms with van der Waals surface area (Å²) in [4.78, 5) is 0. The molecule has 1 aliphatic carbocycles. The molecule has 1 nitrogen and oxygen atoms in total. The Hall–Kier alpha value is -1.34. The summed E-state index contributed by atoms with van der Waals surface area (Å²) in [6, 6.07) is 9.08. The van der Waals surface area contributed by atoms with Gasteiger partial charge >= 0.3 is 0 Å². The zero-order valence-corrected chi connectivity index (χ0v) is 13.8. The van der Waals surface area contributed by atoms with Crippen molar-refractivity contribution in [2.45, 2.75) is 57.5 Å². The second kappa shape index (κ2) is 9.63. The summed E-state index contributed by atoms with van der Waals surface area (Å²) in [5.41, 5.74) is 2.79. The summed E-state index contributed by atoms with van der Waals surface area (Å²) < 4.78 is 5.69. The predicted octanol–water partition coefficient (Wildman–Crippen LogP) is 6.02. The van der Waals surface area contributed by atoms with Gasteiger partial charge in [-0.25, -0.2) is 0 Å². The van der Waals surface area contributed by atoms with E-state index in [9.17, 15) is 0 Å². The van der Waals surface area contributed by atoms with Crippen LogP contribution in [0.4, 0.5) is 0 Å². The molecule has 0 amide bonds. The van der Waals surface area contributed by atoms with Crippen LogP contribution in [0.15, 0.2) is 49.6 Å². The highest BCUT2D eigenvalue weighted by molar-refractivity contribution is 5.25. The number of unbranched alkanes of at least 4 members (excludes halogenated alkanes) is 1. The molecular weight excluding hydrogens is 268 g/mol. The van der Waals surface area contributed by atoms with Gasteiger partial charge in [-0.2, -0.15) is 0 Å². The largest absolute Gasteiger partial charge is 0.377 e. The summed E-state index contributed by atoms with van der Waals surface area (Å²) in [6.07, 6.45) is 12.7. The van der Waals surface area contributed by atoms with Gasteiger partial charge in [0.1, 0.15) is 0 Å². The van der Waals surface area contributed by atoms with Crippen molar-refractivity contribution in [2.75, 3.05) is 6.61 Å². The number of benzene rings is 1. The lowest BCUT2D eigenvalue weighted by Crippen LogP contribution is -2.12. The van der Waals surface area contributed by atoms with E-state index in [2.05, 4.69) is 43.5 Å². The van der Waals surface area contributed by atoms with E-state index in [4.69, 9.17) is 4.74 Å². The molecule has 1 heteroatoms. The molecule has 1 aliphatic rings. The first kappa shape index (κ1) is 17.0. The highest BCUT2D eigenvalue weighted by Crippen LogP contribution is 2.37. The topological polar surface area (TPSA) is 9.23 Å². The fourth-order valence-corrected chi connectivity index (χ4v) is 3.37. The molecule has 0 spiro atoms.